The Labute approximate surface area is 108 Å². The first kappa shape index (κ1) is 12.4. The number of nitrogens with one attached hydrogen (secondary N) is 1. The van der Waals surface area contributed by atoms with Crippen LogP contribution in [0.4, 0.5) is 5.95 Å². The number of ether oxygens (including phenoxy) is 3. The van der Waals surface area contributed by atoms with Gasteiger partial charge in [0, 0.05) is 6.07 Å². The number of halogens is 1. The van der Waals surface area contributed by atoms with E-state index in [0.29, 0.717) is 13.2 Å². The van der Waals surface area contributed by atoms with Gasteiger partial charge in [-0.25, -0.2) is 4.98 Å². The average molecular weight is 272 g/mol. The van der Waals surface area contributed by atoms with E-state index in [4.69, 9.17) is 25.8 Å². The van der Waals surface area contributed by atoms with Crippen LogP contribution in [0.5, 0.6) is 5.88 Å². The van der Waals surface area contributed by atoms with Crippen LogP contribution in [0, 0.1) is 0 Å². The summed E-state index contributed by atoms with van der Waals surface area (Å²) in [6.45, 7) is 0.733. The Kier molecular flexibility index (Phi) is 3.83. The maximum Gasteiger partial charge on any atom is 0.296 e. The summed E-state index contributed by atoms with van der Waals surface area (Å²) in [6.07, 6.45) is 1.24. The highest BCUT2D eigenvalue weighted by atomic mass is 35.5. The molecule has 1 N–H and O–H groups in total. The summed E-state index contributed by atoms with van der Waals surface area (Å²) >= 11 is 5.75. The molecule has 0 spiro atoms. The van der Waals surface area contributed by atoms with Gasteiger partial charge in [0.25, 0.3) is 5.91 Å². The number of methoxy groups -OCH3 is 1. The molecule has 0 fully saturated rings. The molecule has 1 aromatic heterocycles. The zero-order valence-corrected chi connectivity index (χ0v) is 10.2. The molecule has 0 atom stereocenters. The molecule has 0 radical (unpaired) electrons. The Hall–Kier alpha value is -2.02. The van der Waals surface area contributed by atoms with E-state index in [-0.39, 0.29) is 22.7 Å². The highest BCUT2D eigenvalue weighted by molar-refractivity contribution is 6.29. The highest BCUT2D eigenvalue weighted by Gasteiger charge is 2.16. The topological polar surface area (TPSA) is 82.6 Å². The number of nitrogens with zero attached hydrogens (tertiary/aromatic N) is 2. The molecule has 0 aromatic carbocycles. The van der Waals surface area contributed by atoms with Crippen LogP contribution in [-0.2, 0) is 14.3 Å². The van der Waals surface area contributed by atoms with E-state index in [1.54, 1.807) is 0 Å². The fourth-order valence-electron chi connectivity index (χ4n) is 1.21. The normalized spacial score (nSPS) is 14.0. The summed E-state index contributed by atoms with van der Waals surface area (Å²) in [4.78, 5) is 19.5. The number of carbonyl (C=O) groups is 1. The number of carbonyl (C=O) groups excluding carboxylic acids is 1. The van der Waals surface area contributed by atoms with Crippen molar-refractivity contribution in [2.24, 2.45) is 0 Å². The minimum absolute atomic E-state index is 0.0272. The van der Waals surface area contributed by atoms with Crippen molar-refractivity contribution in [2.75, 3.05) is 25.6 Å². The van der Waals surface area contributed by atoms with Crippen LogP contribution in [0.15, 0.2) is 18.1 Å². The van der Waals surface area contributed by atoms with Gasteiger partial charge in [-0.3, -0.25) is 10.1 Å². The second-order valence-electron chi connectivity index (χ2n) is 3.21. The van der Waals surface area contributed by atoms with Crippen LogP contribution in [0.3, 0.4) is 0 Å². The molecule has 0 saturated heterocycles. The Morgan fingerprint density at radius 1 is 1.50 bits per heavy atom. The molecule has 1 amide bonds. The van der Waals surface area contributed by atoms with Gasteiger partial charge in [0.15, 0.2) is 0 Å². The maximum atomic E-state index is 11.7. The van der Waals surface area contributed by atoms with Crippen molar-refractivity contribution in [1.82, 2.24) is 9.97 Å². The zero-order valence-electron chi connectivity index (χ0n) is 9.47. The van der Waals surface area contributed by atoms with E-state index in [9.17, 15) is 4.79 Å². The summed E-state index contributed by atoms with van der Waals surface area (Å²) in [5.41, 5.74) is 0. The third-order valence-corrected chi connectivity index (χ3v) is 2.17. The fraction of sp³-hybridized carbons (Fsp3) is 0.300. The average Bonchev–Trinajstić information content (AvgIpc) is 2.39. The Morgan fingerprint density at radius 2 is 2.33 bits per heavy atom. The SMILES string of the molecule is COc1cc(Cl)nc(NC(=O)C2=COCCO2)n1. The Balaban J connectivity index is 2.11. The molecule has 0 aliphatic carbocycles. The number of amides is 1. The van der Waals surface area contributed by atoms with Gasteiger partial charge in [-0.1, -0.05) is 11.6 Å². The molecule has 1 aliphatic rings. The molecule has 2 heterocycles. The van der Waals surface area contributed by atoms with E-state index in [1.165, 1.54) is 19.4 Å². The summed E-state index contributed by atoms with van der Waals surface area (Å²) in [5, 5.41) is 2.59. The molecule has 8 heteroatoms. The molecular weight excluding hydrogens is 262 g/mol. The largest absolute Gasteiger partial charge is 0.494 e. The quantitative estimate of drug-likeness (QED) is 0.825. The molecule has 0 saturated carbocycles. The molecule has 1 aliphatic heterocycles. The van der Waals surface area contributed by atoms with Gasteiger partial charge in [0.1, 0.15) is 24.6 Å². The molecule has 2 rings (SSSR count). The predicted molar refractivity (Wildman–Crippen MR) is 62.2 cm³/mol. The first-order chi connectivity index (χ1) is 8.69. The summed E-state index contributed by atoms with van der Waals surface area (Å²) in [6, 6.07) is 1.43. The minimum Gasteiger partial charge on any atom is -0.494 e. The Morgan fingerprint density at radius 3 is 3.00 bits per heavy atom. The van der Waals surface area contributed by atoms with Crippen molar-refractivity contribution in [3.05, 3.63) is 23.2 Å². The highest BCUT2D eigenvalue weighted by Crippen LogP contribution is 2.16. The third kappa shape index (κ3) is 3.01. The van der Waals surface area contributed by atoms with Crippen LogP contribution >= 0.6 is 11.6 Å². The standard InChI is InChI=1S/C10H10ClN3O4/c1-16-8-4-7(11)12-10(13-8)14-9(15)6-5-17-2-3-18-6/h4-5H,2-3H2,1H3,(H,12,13,14,15). The van der Waals surface area contributed by atoms with Crippen molar-refractivity contribution in [3.8, 4) is 5.88 Å². The lowest BCUT2D eigenvalue weighted by molar-refractivity contribution is -0.117. The van der Waals surface area contributed by atoms with E-state index >= 15 is 0 Å². The lowest BCUT2D eigenvalue weighted by atomic mass is 10.4. The summed E-state index contributed by atoms with van der Waals surface area (Å²) < 4.78 is 15.0. The van der Waals surface area contributed by atoms with E-state index < -0.39 is 5.91 Å². The second kappa shape index (κ2) is 5.54. The van der Waals surface area contributed by atoms with Gasteiger partial charge in [-0.05, 0) is 0 Å². The van der Waals surface area contributed by atoms with Crippen LogP contribution in [-0.4, -0.2) is 36.2 Å². The van der Waals surface area contributed by atoms with Gasteiger partial charge in [-0.15, -0.1) is 0 Å². The van der Waals surface area contributed by atoms with E-state index in [1.807, 2.05) is 0 Å². The smallest absolute Gasteiger partial charge is 0.296 e. The van der Waals surface area contributed by atoms with E-state index in [2.05, 4.69) is 15.3 Å². The molecular formula is C10H10ClN3O4. The number of anilines is 1. The minimum atomic E-state index is -0.515. The van der Waals surface area contributed by atoms with Crippen LogP contribution in [0.1, 0.15) is 0 Å². The van der Waals surface area contributed by atoms with Crippen LogP contribution < -0.4 is 10.1 Å². The lowest BCUT2D eigenvalue weighted by Gasteiger charge is -2.14. The number of hydrogen-bond acceptors (Lipinski definition) is 6. The zero-order chi connectivity index (χ0) is 13.0. The Bertz CT molecular complexity index is 492. The van der Waals surface area contributed by atoms with Crippen molar-refractivity contribution < 1.29 is 19.0 Å². The first-order valence-electron chi connectivity index (χ1n) is 5.03. The number of rotatable bonds is 3. The molecule has 96 valence electrons. The van der Waals surface area contributed by atoms with Crippen molar-refractivity contribution in [2.45, 2.75) is 0 Å². The second-order valence-corrected chi connectivity index (χ2v) is 3.60. The number of aromatic nitrogens is 2. The van der Waals surface area contributed by atoms with Crippen molar-refractivity contribution >= 4 is 23.5 Å². The van der Waals surface area contributed by atoms with Crippen molar-refractivity contribution in [1.29, 1.82) is 0 Å². The molecule has 18 heavy (non-hydrogen) atoms. The number of hydrogen-bond donors (Lipinski definition) is 1. The maximum absolute atomic E-state index is 11.7. The molecule has 7 nitrogen and oxygen atoms in total. The van der Waals surface area contributed by atoms with Gasteiger partial charge >= 0.3 is 0 Å². The lowest BCUT2D eigenvalue weighted by Crippen LogP contribution is -2.22. The van der Waals surface area contributed by atoms with Crippen molar-refractivity contribution in [3.63, 3.8) is 0 Å². The predicted octanol–water partition coefficient (Wildman–Crippen LogP) is 0.965. The molecule has 0 bridgehead atoms. The van der Waals surface area contributed by atoms with Crippen LogP contribution in [0.2, 0.25) is 5.15 Å². The van der Waals surface area contributed by atoms with E-state index in [0.717, 1.165) is 0 Å². The summed E-state index contributed by atoms with van der Waals surface area (Å²) in [7, 11) is 1.44. The van der Waals surface area contributed by atoms with Gasteiger partial charge in [-0.2, -0.15) is 4.98 Å². The third-order valence-electron chi connectivity index (χ3n) is 1.98. The summed E-state index contributed by atoms with van der Waals surface area (Å²) in [5.74, 6) is -0.178. The van der Waals surface area contributed by atoms with Gasteiger partial charge < -0.3 is 14.2 Å². The van der Waals surface area contributed by atoms with Gasteiger partial charge in [0.05, 0.1) is 7.11 Å². The molecule has 1 aromatic rings. The van der Waals surface area contributed by atoms with Gasteiger partial charge in [0.2, 0.25) is 17.6 Å². The fourth-order valence-corrected chi connectivity index (χ4v) is 1.38. The van der Waals surface area contributed by atoms with Crippen LogP contribution in [0.25, 0.3) is 0 Å². The molecule has 0 unspecified atom stereocenters. The first-order valence-corrected chi connectivity index (χ1v) is 5.41. The monoisotopic (exact) mass is 271 g/mol.